The third-order valence-electron chi connectivity index (χ3n) is 16.4. The minimum absolute atomic E-state index is 0.0142. The number of aliphatic hydroxyl groups excluding tert-OH is 2. The van der Waals surface area contributed by atoms with Crippen LogP contribution in [0.25, 0.3) is 0 Å². The number of Topliss-reactive ketones (excluding diaryl/α,β-unsaturated/α-hetero) is 1. The van der Waals surface area contributed by atoms with Crippen molar-refractivity contribution in [3.05, 3.63) is 12.2 Å². The summed E-state index contributed by atoms with van der Waals surface area (Å²) < 4.78 is 84.2. The van der Waals surface area contributed by atoms with Crippen molar-refractivity contribution < 1.29 is 100 Å². The average Bonchev–Trinajstić information content (AvgIpc) is 3.35. The van der Waals surface area contributed by atoms with E-state index in [1.54, 1.807) is 7.11 Å². The zero-order chi connectivity index (χ0) is 64.7. The minimum Gasteiger partial charge on any atom is -0.454 e. The molecule has 23 heteroatoms. The van der Waals surface area contributed by atoms with Gasteiger partial charge in [0.25, 0.3) is 0 Å². The van der Waals surface area contributed by atoms with Gasteiger partial charge in [0.2, 0.25) is 6.29 Å². The number of allylic oxidation sites excluding steroid dienone is 2. The second kappa shape index (κ2) is 51.6. The van der Waals surface area contributed by atoms with Gasteiger partial charge in [-0.2, -0.15) is 0 Å². The summed E-state index contributed by atoms with van der Waals surface area (Å²) in [4.78, 5) is 81.3. The van der Waals surface area contributed by atoms with E-state index in [-0.39, 0.29) is 32.2 Å². The molecule has 2 heterocycles. The van der Waals surface area contributed by atoms with Gasteiger partial charge in [0, 0.05) is 33.2 Å². The van der Waals surface area contributed by atoms with E-state index < -0.39 is 114 Å². The SMILES string of the molecule is CCCCCC/C=C\CCCCCCCCCC(=O)O[C@H]1[C@H](OC[C@H]2O[C@H](OP(=O)(O)O)[C@H](OC(=O)CC(=O)CCCCCCCCCCC)[C@@H](OCCCCCCCCCC)[C@@H]2O)O[C@H](CO)[C@@H](OP(=O)(O)O)[C@@H]1OCC[C@@H](CCCCCCC)OC. The van der Waals surface area contributed by atoms with Gasteiger partial charge < -0.3 is 67.7 Å². The number of ether oxygens (including phenoxy) is 8. The Morgan fingerprint density at radius 3 is 1.43 bits per heavy atom. The first kappa shape index (κ1) is 82.3. The molecule has 518 valence electrons. The second-order valence-electron chi connectivity index (χ2n) is 24.3. The number of hydrogen-bond acceptors (Lipinski definition) is 17. The molecule has 0 aliphatic carbocycles. The summed E-state index contributed by atoms with van der Waals surface area (Å²) in [6.07, 6.45) is 23.3. The van der Waals surface area contributed by atoms with E-state index in [4.69, 9.17) is 46.9 Å². The number of unbranched alkanes of at least 4 members (excludes halogenated alkanes) is 30. The van der Waals surface area contributed by atoms with Crippen LogP contribution >= 0.6 is 15.6 Å². The molecule has 2 saturated heterocycles. The first-order valence-corrected chi connectivity index (χ1v) is 37.5. The third kappa shape index (κ3) is 39.7. The molecule has 21 nitrogen and oxygen atoms in total. The molecule has 0 unspecified atom stereocenters. The molecule has 2 aliphatic rings. The summed E-state index contributed by atoms with van der Waals surface area (Å²) in [6, 6.07) is 0. The third-order valence-corrected chi connectivity index (χ3v) is 17.4. The molecule has 0 aromatic heterocycles. The molecule has 0 radical (unpaired) electrons. The van der Waals surface area contributed by atoms with Crippen LogP contribution in [-0.4, -0.2) is 149 Å². The standard InChI is InChI=1S/C65H122O21P2/c1-6-10-14-18-21-24-25-26-27-28-29-31-33-37-41-45-56(68)83-63-61(79-48-46-53(77-5)44-40-35-17-13-9-4)59(85-87(71,72)73)54(50-66)81-64(63)80-51-55-58(70)60(78-47-42-38-34-23-20-16-12-8-3)62(65(82-55)86-88(74,75)76)84-57(69)49-52(67)43-39-36-32-30-22-19-15-11-7-2/h24-25,53-55,58-66,70H,6-23,26-51H2,1-5H3,(H2,71,72,73)(H2,74,75,76)/b25-24-/t53-,54-,55-,58-,59-,60+,61+,62-,63-,64-,65-/m1/s1. The Bertz CT molecular complexity index is 1870. The number of phosphoric ester groups is 2. The number of carbonyl (C=O) groups is 3. The smallest absolute Gasteiger partial charge is 0.454 e. The maximum atomic E-state index is 13.9. The first-order chi connectivity index (χ1) is 42.4. The molecule has 0 amide bonds. The van der Waals surface area contributed by atoms with Gasteiger partial charge in [-0.3, -0.25) is 23.4 Å². The highest BCUT2D eigenvalue weighted by Crippen LogP contribution is 2.44. The fourth-order valence-electron chi connectivity index (χ4n) is 11.3. The number of phosphoric acid groups is 2. The van der Waals surface area contributed by atoms with E-state index in [1.165, 1.54) is 51.4 Å². The zero-order valence-corrected chi connectivity index (χ0v) is 56.6. The Hall–Kier alpha value is -1.75. The molecule has 11 atom stereocenters. The molecule has 2 rings (SSSR count). The van der Waals surface area contributed by atoms with Gasteiger partial charge in [-0.15, -0.1) is 0 Å². The maximum Gasteiger partial charge on any atom is 0.472 e. The van der Waals surface area contributed by atoms with Gasteiger partial charge in [-0.05, 0) is 57.8 Å². The van der Waals surface area contributed by atoms with Gasteiger partial charge in [0.1, 0.15) is 48.8 Å². The lowest BCUT2D eigenvalue weighted by Gasteiger charge is -2.46. The van der Waals surface area contributed by atoms with Crippen LogP contribution in [0.2, 0.25) is 0 Å². The highest BCUT2D eigenvalue weighted by molar-refractivity contribution is 7.46. The topological polar surface area (TPSA) is 299 Å². The predicted molar refractivity (Wildman–Crippen MR) is 338 cm³/mol. The Kier molecular flexibility index (Phi) is 48.3. The molecule has 0 aromatic rings. The lowest BCUT2D eigenvalue weighted by Crippen LogP contribution is -2.64. The van der Waals surface area contributed by atoms with Gasteiger partial charge in [0.05, 0.1) is 19.3 Å². The summed E-state index contributed by atoms with van der Waals surface area (Å²) in [5.41, 5.74) is 0. The highest BCUT2D eigenvalue weighted by atomic mass is 31.2. The number of hydrogen-bond donors (Lipinski definition) is 6. The van der Waals surface area contributed by atoms with Crippen molar-refractivity contribution in [2.24, 2.45) is 0 Å². The number of ketones is 1. The van der Waals surface area contributed by atoms with Crippen LogP contribution in [0.3, 0.4) is 0 Å². The number of methoxy groups -OCH3 is 1. The van der Waals surface area contributed by atoms with E-state index in [1.807, 2.05) is 0 Å². The molecule has 0 saturated carbocycles. The van der Waals surface area contributed by atoms with Gasteiger partial charge >= 0.3 is 27.6 Å². The zero-order valence-electron chi connectivity index (χ0n) is 54.8. The van der Waals surface area contributed by atoms with E-state index in [0.717, 1.165) is 154 Å². The van der Waals surface area contributed by atoms with Crippen molar-refractivity contribution in [3.63, 3.8) is 0 Å². The Balaban J connectivity index is 2.42. The molecule has 2 fully saturated rings. The second-order valence-corrected chi connectivity index (χ2v) is 26.7. The molecule has 0 aromatic carbocycles. The maximum absolute atomic E-state index is 13.9. The van der Waals surface area contributed by atoms with Crippen LogP contribution in [0.1, 0.15) is 285 Å². The van der Waals surface area contributed by atoms with Crippen LogP contribution < -0.4 is 0 Å². The normalized spacial score (nSPS) is 23.0. The molecular weight excluding hydrogens is 1180 g/mol. The van der Waals surface area contributed by atoms with Crippen LogP contribution in [-0.2, 0) is 70.5 Å². The van der Waals surface area contributed by atoms with E-state index in [9.17, 15) is 53.3 Å². The lowest BCUT2D eigenvalue weighted by molar-refractivity contribution is -0.330. The Morgan fingerprint density at radius 2 is 0.909 bits per heavy atom. The van der Waals surface area contributed by atoms with E-state index in [2.05, 4.69) is 39.8 Å². The molecule has 88 heavy (non-hydrogen) atoms. The molecule has 0 spiro atoms. The fraction of sp³-hybridized carbons (Fsp3) is 0.923. The molecule has 2 aliphatic heterocycles. The first-order valence-electron chi connectivity index (χ1n) is 34.4. The molecule has 0 bridgehead atoms. The van der Waals surface area contributed by atoms with Crippen LogP contribution in [0.15, 0.2) is 12.2 Å². The van der Waals surface area contributed by atoms with E-state index >= 15 is 0 Å². The summed E-state index contributed by atoms with van der Waals surface area (Å²) in [7, 11) is -9.22. The van der Waals surface area contributed by atoms with Crippen LogP contribution in [0.4, 0.5) is 0 Å². The number of rotatable bonds is 58. The number of esters is 2. The van der Waals surface area contributed by atoms with Crippen molar-refractivity contribution in [1.82, 2.24) is 0 Å². The van der Waals surface area contributed by atoms with Crippen molar-refractivity contribution in [3.8, 4) is 0 Å². The predicted octanol–water partition coefficient (Wildman–Crippen LogP) is 13.8. The van der Waals surface area contributed by atoms with Crippen molar-refractivity contribution in [2.75, 3.05) is 33.5 Å². The van der Waals surface area contributed by atoms with Gasteiger partial charge in [-0.25, -0.2) is 9.13 Å². The highest BCUT2D eigenvalue weighted by Gasteiger charge is 2.54. The van der Waals surface area contributed by atoms with Crippen LogP contribution in [0, 0.1) is 0 Å². The van der Waals surface area contributed by atoms with Crippen molar-refractivity contribution >= 4 is 33.4 Å². The lowest BCUT2D eigenvalue weighted by atomic mass is 9.97. The quantitative estimate of drug-likeness (QED) is 0.0108. The van der Waals surface area contributed by atoms with Crippen LogP contribution in [0.5, 0.6) is 0 Å². The summed E-state index contributed by atoms with van der Waals surface area (Å²) in [5.74, 6) is -2.16. The molecule has 6 N–H and O–H groups in total. The molecular formula is C65H122O21P2. The summed E-state index contributed by atoms with van der Waals surface area (Å²) in [6.45, 7) is 6.99. The summed E-state index contributed by atoms with van der Waals surface area (Å²) >= 11 is 0. The van der Waals surface area contributed by atoms with Crippen molar-refractivity contribution in [2.45, 2.75) is 352 Å². The summed E-state index contributed by atoms with van der Waals surface area (Å²) in [5, 5.41) is 22.9. The Labute approximate surface area is 529 Å². The average molecular weight is 1300 g/mol. The van der Waals surface area contributed by atoms with Gasteiger partial charge in [0.15, 0.2) is 18.5 Å². The minimum atomic E-state index is -5.45. The number of carbonyl (C=O) groups excluding carboxylic acids is 3. The van der Waals surface area contributed by atoms with Gasteiger partial charge in [-0.1, -0.05) is 220 Å². The monoisotopic (exact) mass is 1300 g/mol. The Morgan fingerprint density at radius 1 is 0.466 bits per heavy atom. The van der Waals surface area contributed by atoms with Crippen molar-refractivity contribution in [1.29, 1.82) is 0 Å². The fourth-order valence-corrected chi connectivity index (χ4v) is 12.3. The van der Waals surface area contributed by atoms with E-state index in [0.29, 0.717) is 32.1 Å². The number of aliphatic hydroxyl groups is 2. The largest absolute Gasteiger partial charge is 0.472 e.